The second-order valence-corrected chi connectivity index (χ2v) is 2.30. The van der Waals surface area contributed by atoms with Gasteiger partial charge in [-0.3, -0.25) is 4.39 Å². The number of hydrogen-bond donors (Lipinski definition) is 0. The normalized spacial score (nSPS) is 9.25. The van der Waals surface area contributed by atoms with Crippen molar-refractivity contribution in [2.24, 2.45) is 5.92 Å². The van der Waals surface area contributed by atoms with E-state index in [4.69, 9.17) is 0 Å². The van der Waals surface area contributed by atoms with E-state index < -0.39 is 0 Å². The van der Waals surface area contributed by atoms with Gasteiger partial charge in [-0.15, -0.1) is 0 Å². The molecule has 1 nitrogen and oxygen atoms in total. The Balaban J connectivity index is -0.0000000560. The van der Waals surface area contributed by atoms with Gasteiger partial charge < -0.3 is 5.48 Å². The third-order valence-electron chi connectivity index (χ3n) is 1.48. The van der Waals surface area contributed by atoms with Crippen LogP contribution >= 0.6 is 0 Å². The third kappa shape index (κ3) is 32.7. The van der Waals surface area contributed by atoms with Gasteiger partial charge in [-0.1, -0.05) is 53.9 Å². The van der Waals surface area contributed by atoms with Gasteiger partial charge in [-0.2, -0.15) is 0 Å². The van der Waals surface area contributed by atoms with Gasteiger partial charge in [0, 0.05) is 0 Å². The maximum atomic E-state index is 9.50. The second kappa shape index (κ2) is 30.7. The fourth-order valence-corrected chi connectivity index (χ4v) is 0.697. The lowest BCUT2D eigenvalue weighted by atomic mass is 10.0. The van der Waals surface area contributed by atoms with Crippen molar-refractivity contribution in [1.29, 1.82) is 0 Å². The van der Waals surface area contributed by atoms with E-state index in [1.807, 2.05) is 13.8 Å². The Morgan fingerprint density at radius 1 is 1.08 bits per heavy atom. The molecule has 0 radical (unpaired) electrons. The van der Waals surface area contributed by atoms with Crippen molar-refractivity contribution in [3.05, 3.63) is 0 Å². The zero-order valence-corrected chi connectivity index (χ0v) is 9.58. The minimum atomic E-state index is 0. The highest BCUT2D eigenvalue weighted by Gasteiger charge is 1.92. The van der Waals surface area contributed by atoms with Crippen LogP contribution in [0.4, 0.5) is 4.39 Å². The zero-order valence-electron chi connectivity index (χ0n) is 9.58. The molecule has 0 bridgehead atoms. The first-order chi connectivity index (χ1) is 5.31. The van der Waals surface area contributed by atoms with Crippen molar-refractivity contribution in [1.82, 2.24) is 0 Å². The van der Waals surface area contributed by atoms with Crippen LogP contribution in [0.5, 0.6) is 0 Å². The third-order valence-corrected chi connectivity index (χ3v) is 1.48. The molecule has 0 saturated carbocycles. The Labute approximate surface area is 77.7 Å². The fourth-order valence-electron chi connectivity index (χ4n) is 0.697. The summed E-state index contributed by atoms with van der Waals surface area (Å²) in [5, 5.41) is 0. The lowest BCUT2D eigenvalue weighted by Gasteiger charge is -2.02. The van der Waals surface area contributed by atoms with Crippen LogP contribution < -0.4 is 0 Å². The Hall–Kier alpha value is -0.110. The van der Waals surface area contributed by atoms with Gasteiger partial charge >= 0.3 is 0 Å². The van der Waals surface area contributed by atoms with Crippen LogP contribution in [-0.2, 0) is 0 Å². The van der Waals surface area contributed by atoms with Crippen molar-refractivity contribution in [2.75, 3.05) is 7.18 Å². The van der Waals surface area contributed by atoms with Gasteiger partial charge in [0.1, 0.15) is 0 Å². The molecule has 12 heavy (non-hydrogen) atoms. The first-order valence-electron chi connectivity index (χ1n) is 4.69. The van der Waals surface area contributed by atoms with Crippen molar-refractivity contribution >= 4 is 0 Å². The molecule has 0 spiro atoms. The van der Waals surface area contributed by atoms with E-state index in [0.29, 0.717) is 7.18 Å². The Kier molecular flexibility index (Phi) is 58.0. The van der Waals surface area contributed by atoms with E-state index in [1.54, 1.807) is 0 Å². The molecule has 0 amide bonds. The summed E-state index contributed by atoms with van der Waals surface area (Å²) in [5.41, 5.74) is 0. The molecule has 0 rings (SSSR count). The average Bonchev–Trinajstić information content (AvgIpc) is 2.12. The first-order valence-corrected chi connectivity index (χ1v) is 4.69. The molecule has 0 fully saturated rings. The molecule has 1 atom stereocenters. The SMILES string of the molecule is CC.CCCC(C)CC.CF.O. The van der Waals surface area contributed by atoms with E-state index in [9.17, 15) is 4.39 Å². The predicted octanol–water partition coefficient (Wildman–Crippen LogP) is 3.62. The summed E-state index contributed by atoms with van der Waals surface area (Å²) in [7, 11) is 0.500. The van der Waals surface area contributed by atoms with Gasteiger partial charge in [0.15, 0.2) is 0 Å². The van der Waals surface area contributed by atoms with Crippen LogP contribution in [0.15, 0.2) is 0 Å². The van der Waals surface area contributed by atoms with Crippen molar-refractivity contribution < 1.29 is 9.87 Å². The quantitative estimate of drug-likeness (QED) is 0.638. The summed E-state index contributed by atoms with van der Waals surface area (Å²) < 4.78 is 9.50. The molecule has 0 aliphatic rings. The molecular formula is C10H27FO. The maximum Gasteiger partial charge on any atom is 0.0785 e. The molecular weight excluding hydrogens is 155 g/mol. The number of rotatable bonds is 3. The van der Waals surface area contributed by atoms with Gasteiger partial charge in [0.25, 0.3) is 0 Å². The van der Waals surface area contributed by atoms with Crippen LogP contribution in [0.3, 0.4) is 0 Å². The largest absolute Gasteiger partial charge is 0.412 e. The Morgan fingerprint density at radius 3 is 1.50 bits per heavy atom. The summed E-state index contributed by atoms with van der Waals surface area (Å²) in [6.07, 6.45) is 4.08. The molecule has 0 aliphatic carbocycles. The summed E-state index contributed by atoms with van der Waals surface area (Å²) in [6, 6.07) is 0. The molecule has 0 saturated heterocycles. The van der Waals surface area contributed by atoms with Gasteiger partial charge in [-0.05, 0) is 5.92 Å². The van der Waals surface area contributed by atoms with Crippen molar-refractivity contribution in [2.45, 2.75) is 53.9 Å². The van der Waals surface area contributed by atoms with Crippen molar-refractivity contribution in [3.8, 4) is 0 Å². The standard InChI is InChI=1S/C7H16.C2H6.CH3F.H2O/c1-4-6-7(3)5-2;2*1-2;/h7H,4-6H2,1-3H3;1-2H3;1H3;1H2. The van der Waals surface area contributed by atoms with Gasteiger partial charge in [-0.25, -0.2) is 0 Å². The monoisotopic (exact) mass is 182 g/mol. The minimum absolute atomic E-state index is 0. The minimum Gasteiger partial charge on any atom is -0.412 e. The smallest absolute Gasteiger partial charge is 0.0785 e. The second-order valence-electron chi connectivity index (χ2n) is 2.30. The Morgan fingerprint density at radius 2 is 1.42 bits per heavy atom. The Bertz CT molecular complexity index is 40.8. The first kappa shape index (κ1) is 22.7. The molecule has 0 aromatic heterocycles. The molecule has 0 aliphatic heterocycles. The van der Waals surface area contributed by atoms with E-state index in [2.05, 4.69) is 20.8 Å². The van der Waals surface area contributed by atoms with Crippen LogP contribution in [0.25, 0.3) is 0 Å². The molecule has 0 heterocycles. The van der Waals surface area contributed by atoms with E-state index in [0.717, 1.165) is 5.92 Å². The number of hydrogen-bond acceptors (Lipinski definition) is 0. The van der Waals surface area contributed by atoms with Crippen LogP contribution in [0.2, 0.25) is 0 Å². The van der Waals surface area contributed by atoms with Gasteiger partial charge in [0.05, 0.1) is 7.18 Å². The molecule has 1 unspecified atom stereocenters. The van der Waals surface area contributed by atoms with E-state index >= 15 is 0 Å². The highest BCUT2D eigenvalue weighted by Crippen LogP contribution is 2.07. The molecule has 2 N–H and O–H groups in total. The number of halogens is 1. The summed E-state index contributed by atoms with van der Waals surface area (Å²) in [5.74, 6) is 0.949. The maximum absolute atomic E-state index is 9.50. The highest BCUT2D eigenvalue weighted by molar-refractivity contribution is 4.45. The molecule has 80 valence electrons. The van der Waals surface area contributed by atoms with E-state index in [1.165, 1.54) is 19.3 Å². The zero-order chi connectivity index (χ0) is 9.70. The number of alkyl halides is 1. The summed E-state index contributed by atoms with van der Waals surface area (Å²) >= 11 is 0. The predicted molar refractivity (Wildman–Crippen MR) is 56.4 cm³/mol. The molecule has 0 aromatic carbocycles. The van der Waals surface area contributed by atoms with Gasteiger partial charge in [0.2, 0.25) is 0 Å². The van der Waals surface area contributed by atoms with Crippen molar-refractivity contribution in [3.63, 3.8) is 0 Å². The lowest BCUT2D eigenvalue weighted by molar-refractivity contribution is 0.509. The van der Waals surface area contributed by atoms with Crippen LogP contribution in [-0.4, -0.2) is 12.7 Å². The average molecular weight is 182 g/mol. The summed E-state index contributed by atoms with van der Waals surface area (Å²) in [6.45, 7) is 10.8. The highest BCUT2D eigenvalue weighted by atomic mass is 19.1. The van der Waals surface area contributed by atoms with E-state index in [-0.39, 0.29) is 5.48 Å². The van der Waals surface area contributed by atoms with Crippen LogP contribution in [0.1, 0.15) is 53.9 Å². The topological polar surface area (TPSA) is 31.5 Å². The van der Waals surface area contributed by atoms with Crippen LogP contribution in [0, 0.1) is 5.92 Å². The summed E-state index contributed by atoms with van der Waals surface area (Å²) in [4.78, 5) is 0. The molecule has 0 aromatic rings. The molecule has 2 heteroatoms. The lowest BCUT2D eigenvalue weighted by Crippen LogP contribution is -1.88. The fraction of sp³-hybridized carbons (Fsp3) is 1.00.